The van der Waals surface area contributed by atoms with Gasteiger partial charge in [-0.05, 0) is 7.05 Å². The number of hydrogen-bond donors (Lipinski definition) is 2. The van der Waals surface area contributed by atoms with Crippen LogP contribution in [0.2, 0.25) is 0 Å². The van der Waals surface area contributed by atoms with Crippen LogP contribution >= 0.6 is 24.0 Å². The molecular formula is C3H13IN2OPb. The molecule has 0 aliphatic rings. The SMILES string of the molecule is CC(N)=O.CN.I.[PbH2]. The van der Waals surface area contributed by atoms with Gasteiger partial charge < -0.3 is 11.5 Å². The molecule has 52 valence electrons. The van der Waals surface area contributed by atoms with E-state index in [0.717, 1.165) is 0 Å². The van der Waals surface area contributed by atoms with Crippen LogP contribution in [0.5, 0.6) is 0 Å². The molecule has 0 aromatic heterocycles. The van der Waals surface area contributed by atoms with Gasteiger partial charge in [0.15, 0.2) is 0 Å². The van der Waals surface area contributed by atoms with Gasteiger partial charge in [-0.15, -0.1) is 24.0 Å². The van der Waals surface area contributed by atoms with E-state index in [2.05, 4.69) is 11.5 Å². The van der Waals surface area contributed by atoms with Gasteiger partial charge in [-0.25, -0.2) is 0 Å². The van der Waals surface area contributed by atoms with Gasteiger partial charge in [-0.2, -0.15) is 0 Å². The predicted molar refractivity (Wildman–Crippen MR) is 48.9 cm³/mol. The Morgan fingerprint density at radius 1 is 1.38 bits per heavy atom. The van der Waals surface area contributed by atoms with Crippen LogP contribution in [0.3, 0.4) is 0 Å². The van der Waals surface area contributed by atoms with E-state index < -0.39 is 0 Å². The summed E-state index contributed by atoms with van der Waals surface area (Å²) in [7, 11) is 1.50. The zero-order valence-corrected chi connectivity index (χ0v) is 13.0. The van der Waals surface area contributed by atoms with Crippen LogP contribution in [0, 0.1) is 0 Å². The van der Waals surface area contributed by atoms with Gasteiger partial charge in [0.1, 0.15) is 0 Å². The van der Waals surface area contributed by atoms with E-state index >= 15 is 0 Å². The van der Waals surface area contributed by atoms with Crippen molar-refractivity contribution in [3.8, 4) is 0 Å². The third-order valence-corrected chi connectivity index (χ3v) is 0. The first-order valence-electron chi connectivity index (χ1n) is 1.57. The van der Waals surface area contributed by atoms with Crippen LogP contribution in [-0.4, -0.2) is 40.3 Å². The second-order valence-corrected chi connectivity index (χ2v) is 0.611. The summed E-state index contributed by atoms with van der Waals surface area (Å²) in [4.78, 5) is 9.22. The molecule has 5 heteroatoms. The molecule has 0 unspecified atom stereocenters. The molecule has 8 heavy (non-hydrogen) atoms. The van der Waals surface area contributed by atoms with Crippen LogP contribution in [0.15, 0.2) is 0 Å². The Hall–Kier alpha value is 1.08. The summed E-state index contributed by atoms with van der Waals surface area (Å²) >= 11 is 0. The third-order valence-electron chi connectivity index (χ3n) is 0. The number of primary amides is 1. The molecule has 0 aromatic carbocycles. The van der Waals surface area contributed by atoms with Crippen molar-refractivity contribution in [2.45, 2.75) is 6.92 Å². The Kier molecular flexibility index (Phi) is 69.8. The number of halogens is 1. The predicted octanol–water partition coefficient (Wildman–Crippen LogP) is -1.23. The first-order chi connectivity index (χ1) is 2.73. The number of hydrogen-bond acceptors (Lipinski definition) is 2. The van der Waals surface area contributed by atoms with Crippen LogP contribution < -0.4 is 11.5 Å². The van der Waals surface area contributed by atoms with Gasteiger partial charge in [-0.1, -0.05) is 0 Å². The summed E-state index contributed by atoms with van der Waals surface area (Å²) in [5.74, 6) is -0.333. The summed E-state index contributed by atoms with van der Waals surface area (Å²) in [6.45, 7) is 1.31. The summed E-state index contributed by atoms with van der Waals surface area (Å²) < 4.78 is 0. The zero-order valence-electron chi connectivity index (χ0n) is 5.18. The summed E-state index contributed by atoms with van der Waals surface area (Å²) in [6, 6.07) is 0. The molecule has 0 atom stereocenters. The summed E-state index contributed by atoms with van der Waals surface area (Å²) in [6.07, 6.45) is 0. The van der Waals surface area contributed by atoms with Crippen LogP contribution in [0.25, 0.3) is 0 Å². The van der Waals surface area contributed by atoms with E-state index in [1.165, 1.54) is 14.0 Å². The van der Waals surface area contributed by atoms with E-state index in [0.29, 0.717) is 0 Å². The van der Waals surface area contributed by atoms with Crippen molar-refractivity contribution in [3.63, 3.8) is 0 Å². The number of carbonyl (C=O) groups excluding carboxylic acids is 1. The molecule has 1 amide bonds. The molecular weight excluding hydrogens is 414 g/mol. The molecule has 0 heterocycles. The molecule has 0 aliphatic heterocycles. The Morgan fingerprint density at radius 2 is 1.38 bits per heavy atom. The molecule has 3 nitrogen and oxygen atoms in total. The average Bonchev–Trinajstić information content (AvgIpc) is 1.41. The first kappa shape index (κ1) is 23.0. The fourth-order valence-electron chi connectivity index (χ4n) is 0. The third kappa shape index (κ3) is 224. The van der Waals surface area contributed by atoms with E-state index in [9.17, 15) is 4.79 Å². The van der Waals surface area contributed by atoms with E-state index in [1.54, 1.807) is 0 Å². The average molecular weight is 427 g/mol. The van der Waals surface area contributed by atoms with E-state index in [4.69, 9.17) is 0 Å². The van der Waals surface area contributed by atoms with Crippen molar-refractivity contribution in [1.82, 2.24) is 0 Å². The van der Waals surface area contributed by atoms with Crippen molar-refractivity contribution < 1.29 is 4.79 Å². The van der Waals surface area contributed by atoms with E-state index in [-0.39, 0.29) is 57.2 Å². The maximum absolute atomic E-state index is 9.22. The maximum atomic E-state index is 9.22. The molecule has 0 aliphatic carbocycles. The Bertz CT molecular complexity index is 40.3. The molecule has 0 aromatic rings. The van der Waals surface area contributed by atoms with E-state index in [1.807, 2.05) is 0 Å². The molecule has 0 saturated carbocycles. The van der Waals surface area contributed by atoms with Crippen molar-refractivity contribution in [2.24, 2.45) is 11.5 Å². The molecule has 2 radical (unpaired) electrons. The molecule has 0 rings (SSSR count). The van der Waals surface area contributed by atoms with Crippen LogP contribution in [-0.2, 0) is 4.79 Å². The molecule has 4 N–H and O–H groups in total. The minimum absolute atomic E-state index is 0. The summed E-state index contributed by atoms with van der Waals surface area (Å²) in [5.41, 5.74) is 8.97. The fraction of sp³-hybridized carbons (Fsp3) is 0.667. The van der Waals surface area contributed by atoms with Gasteiger partial charge >= 0.3 is 27.3 Å². The van der Waals surface area contributed by atoms with Crippen molar-refractivity contribution in [3.05, 3.63) is 0 Å². The Labute approximate surface area is 86.7 Å². The number of carbonyl (C=O) groups is 1. The molecule has 0 bridgehead atoms. The van der Waals surface area contributed by atoms with Gasteiger partial charge in [0.25, 0.3) is 0 Å². The normalized spacial score (nSPS) is 3.88. The number of nitrogens with two attached hydrogens (primary N) is 2. The van der Waals surface area contributed by atoms with Crippen LogP contribution in [0.1, 0.15) is 6.92 Å². The Morgan fingerprint density at radius 3 is 1.38 bits per heavy atom. The second kappa shape index (κ2) is 24.3. The van der Waals surface area contributed by atoms with Gasteiger partial charge in [0.2, 0.25) is 5.91 Å². The number of amides is 1. The zero-order chi connectivity index (χ0) is 5.58. The van der Waals surface area contributed by atoms with Gasteiger partial charge in [0, 0.05) is 6.92 Å². The topological polar surface area (TPSA) is 69.1 Å². The van der Waals surface area contributed by atoms with Crippen molar-refractivity contribution in [2.75, 3.05) is 7.05 Å². The molecule has 0 spiro atoms. The monoisotopic (exact) mass is 428 g/mol. The van der Waals surface area contributed by atoms with Crippen molar-refractivity contribution >= 4 is 57.2 Å². The molecule has 0 saturated heterocycles. The molecule has 0 fully saturated rings. The summed E-state index contributed by atoms with van der Waals surface area (Å²) in [5, 5.41) is 0. The van der Waals surface area contributed by atoms with Gasteiger partial charge in [0.05, 0.1) is 0 Å². The first-order valence-corrected chi connectivity index (χ1v) is 1.57. The minimum atomic E-state index is -0.333. The van der Waals surface area contributed by atoms with Crippen LogP contribution in [0.4, 0.5) is 0 Å². The van der Waals surface area contributed by atoms with Gasteiger partial charge in [-0.3, -0.25) is 4.79 Å². The van der Waals surface area contributed by atoms with Crippen molar-refractivity contribution in [1.29, 1.82) is 0 Å². The standard InChI is InChI=1S/C2H5NO.CH5N.HI.Pb.2H/c1-2(3)4;1-2;;;;/h1H3,(H2,3,4);2H2,1H3;1H;;;. The number of rotatable bonds is 0. The Balaban J connectivity index is -0.0000000183. The quantitative estimate of drug-likeness (QED) is 0.376. The second-order valence-electron chi connectivity index (χ2n) is 0.611. The fourth-order valence-corrected chi connectivity index (χ4v) is 0.